The zero-order valence-electron chi connectivity index (χ0n) is 14.7. The number of amides is 1. The van der Waals surface area contributed by atoms with Crippen LogP contribution in [0.1, 0.15) is 34.8 Å². The normalized spacial score (nSPS) is 15.5. The monoisotopic (exact) mass is 349 g/mol. The first-order valence-corrected chi connectivity index (χ1v) is 9.17. The van der Waals surface area contributed by atoms with E-state index in [-0.39, 0.29) is 12.5 Å². The van der Waals surface area contributed by atoms with E-state index in [1.165, 1.54) is 0 Å². The van der Waals surface area contributed by atoms with Gasteiger partial charge < -0.3 is 10.0 Å². The van der Waals surface area contributed by atoms with Crippen molar-refractivity contribution >= 4 is 16.7 Å². The summed E-state index contributed by atoms with van der Waals surface area (Å²) in [4.78, 5) is 14.8. The molecule has 1 fully saturated rings. The highest BCUT2D eigenvalue weighted by atomic mass is 16.3. The summed E-state index contributed by atoms with van der Waals surface area (Å²) in [5.74, 6) is 0.503. The van der Waals surface area contributed by atoms with Crippen molar-refractivity contribution in [1.29, 1.82) is 0 Å². The molecule has 4 rings (SSSR count). The number of piperidine rings is 1. The van der Waals surface area contributed by atoms with Gasteiger partial charge in [-0.3, -0.25) is 9.48 Å². The Morgan fingerprint density at radius 1 is 1.08 bits per heavy atom. The Hall–Kier alpha value is -2.66. The van der Waals surface area contributed by atoms with Crippen molar-refractivity contribution in [2.75, 3.05) is 19.7 Å². The third kappa shape index (κ3) is 3.22. The highest BCUT2D eigenvalue weighted by molar-refractivity contribution is 5.98. The zero-order valence-corrected chi connectivity index (χ0v) is 14.7. The van der Waals surface area contributed by atoms with Gasteiger partial charge in [0.05, 0.1) is 13.2 Å². The van der Waals surface area contributed by atoms with Gasteiger partial charge in [-0.05, 0) is 41.8 Å². The maximum absolute atomic E-state index is 12.9. The molecule has 26 heavy (non-hydrogen) atoms. The van der Waals surface area contributed by atoms with Crippen LogP contribution in [0.25, 0.3) is 10.8 Å². The number of carbonyl (C=O) groups excluding carboxylic acids is 1. The van der Waals surface area contributed by atoms with Crippen molar-refractivity contribution in [3.8, 4) is 0 Å². The largest absolute Gasteiger partial charge is 0.394 e. The predicted molar refractivity (Wildman–Crippen MR) is 101 cm³/mol. The third-order valence-electron chi connectivity index (χ3n) is 5.26. The molecule has 0 radical (unpaired) electrons. The Morgan fingerprint density at radius 3 is 2.62 bits per heavy atom. The molecule has 1 N–H and O–H groups in total. The number of hydrogen-bond acceptors (Lipinski definition) is 3. The Bertz CT molecular complexity index is 910. The van der Waals surface area contributed by atoms with Crippen LogP contribution in [-0.4, -0.2) is 45.4 Å². The number of rotatable bonds is 4. The average Bonchev–Trinajstić information content (AvgIpc) is 3.16. The second kappa shape index (κ2) is 7.30. The first kappa shape index (κ1) is 16.8. The highest BCUT2D eigenvalue weighted by Crippen LogP contribution is 2.29. The number of nitrogens with zero attached hydrogens (tertiary/aromatic N) is 3. The molecule has 1 aliphatic rings. The summed E-state index contributed by atoms with van der Waals surface area (Å²) >= 11 is 0. The van der Waals surface area contributed by atoms with Gasteiger partial charge in [-0.15, -0.1) is 0 Å². The predicted octanol–water partition coefficient (Wildman–Crippen LogP) is 3.05. The SMILES string of the molecule is O=C(c1ccc2ccccc2c1)N1CCC(c2ccnn2CCO)CC1. The fourth-order valence-electron chi connectivity index (χ4n) is 3.85. The Balaban J connectivity index is 1.45. The minimum Gasteiger partial charge on any atom is -0.394 e. The molecule has 5 nitrogen and oxygen atoms in total. The van der Waals surface area contributed by atoms with Crippen LogP contribution in [0.5, 0.6) is 0 Å². The summed E-state index contributed by atoms with van der Waals surface area (Å²) < 4.78 is 1.88. The number of aromatic nitrogens is 2. The molecule has 0 unspecified atom stereocenters. The van der Waals surface area contributed by atoms with Gasteiger partial charge >= 0.3 is 0 Å². The number of aliphatic hydroxyl groups excluding tert-OH is 1. The molecule has 1 saturated heterocycles. The van der Waals surface area contributed by atoms with E-state index in [9.17, 15) is 4.79 Å². The third-order valence-corrected chi connectivity index (χ3v) is 5.26. The van der Waals surface area contributed by atoms with Gasteiger partial charge in [-0.1, -0.05) is 30.3 Å². The van der Waals surface area contributed by atoms with Gasteiger partial charge in [-0.2, -0.15) is 5.10 Å². The van der Waals surface area contributed by atoms with Crippen molar-refractivity contribution in [2.24, 2.45) is 0 Å². The molecule has 0 atom stereocenters. The van der Waals surface area contributed by atoms with E-state index in [1.807, 2.05) is 52.0 Å². The summed E-state index contributed by atoms with van der Waals surface area (Å²) in [6.07, 6.45) is 3.64. The maximum atomic E-state index is 12.9. The van der Waals surface area contributed by atoms with Crippen LogP contribution in [0.4, 0.5) is 0 Å². The zero-order chi connectivity index (χ0) is 17.9. The first-order chi connectivity index (χ1) is 12.8. The lowest BCUT2D eigenvalue weighted by atomic mass is 9.93. The minimum absolute atomic E-state index is 0.0912. The Labute approximate surface area is 152 Å². The van der Waals surface area contributed by atoms with Crippen LogP contribution in [-0.2, 0) is 6.54 Å². The molecule has 2 aromatic carbocycles. The summed E-state index contributed by atoms with van der Waals surface area (Å²) in [7, 11) is 0. The van der Waals surface area contributed by atoms with Crippen LogP contribution in [0, 0.1) is 0 Å². The molecule has 0 aliphatic carbocycles. The van der Waals surface area contributed by atoms with E-state index in [0.717, 1.165) is 48.0 Å². The standard InChI is InChI=1S/C21H23N3O2/c25-14-13-24-20(7-10-22-24)17-8-11-23(12-9-17)21(26)19-6-5-16-3-1-2-4-18(16)15-19/h1-7,10,15,17,25H,8-9,11-14H2. The van der Waals surface area contributed by atoms with Gasteiger partial charge in [0.25, 0.3) is 5.91 Å². The molecule has 1 aromatic heterocycles. The van der Waals surface area contributed by atoms with E-state index < -0.39 is 0 Å². The molecule has 2 heterocycles. The Morgan fingerprint density at radius 2 is 1.85 bits per heavy atom. The van der Waals surface area contributed by atoms with Crippen LogP contribution < -0.4 is 0 Å². The number of fused-ring (bicyclic) bond motifs is 1. The second-order valence-corrected chi connectivity index (χ2v) is 6.83. The number of hydrogen-bond donors (Lipinski definition) is 1. The van der Waals surface area contributed by atoms with E-state index in [2.05, 4.69) is 11.2 Å². The van der Waals surface area contributed by atoms with Gasteiger partial charge in [0.1, 0.15) is 0 Å². The van der Waals surface area contributed by atoms with Crippen molar-refractivity contribution in [3.63, 3.8) is 0 Å². The molecular weight excluding hydrogens is 326 g/mol. The van der Waals surface area contributed by atoms with Gasteiger partial charge in [0.15, 0.2) is 0 Å². The summed E-state index contributed by atoms with van der Waals surface area (Å²) in [5, 5.41) is 15.7. The molecule has 0 spiro atoms. The minimum atomic E-state index is 0.0912. The van der Waals surface area contributed by atoms with Crippen LogP contribution >= 0.6 is 0 Å². The molecule has 1 amide bonds. The number of carbonyl (C=O) groups is 1. The first-order valence-electron chi connectivity index (χ1n) is 9.17. The summed E-state index contributed by atoms with van der Waals surface area (Å²) in [5.41, 5.74) is 1.92. The average molecular weight is 349 g/mol. The molecule has 0 bridgehead atoms. The molecule has 0 saturated carbocycles. The summed E-state index contributed by atoms with van der Waals surface area (Å²) in [6, 6.07) is 16.1. The quantitative estimate of drug-likeness (QED) is 0.788. The van der Waals surface area contributed by atoms with E-state index >= 15 is 0 Å². The van der Waals surface area contributed by atoms with Gasteiger partial charge in [-0.25, -0.2) is 0 Å². The fourth-order valence-corrected chi connectivity index (χ4v) is 3.85. The van der Waals surface area contributed by atoms with Crippen LogP contribution in [0.3, 0.4) is 0 Å². The van der Waals surface area contributed by atoms with Crippen molar-refractivity contribution in [1.82, 2.24) is 14.7 Å². The smallest absolute Gasteiger partial charge is 0.253 e. The number of aliphatic hydroxyl groups is 1. The number of likely N-dealkylation sites (tertiary alicyclic amines) is 1. The van der Waals surface area contributed by atoms with Crippen LogP contribution in [0.15, 0.2) is 54.7 Å². The van der Waals surface area contributed by atoms with E-state index in [4.69, 9.17) is 5.11 Å². The molecule has 3 aromatic rings. The topological polar surface area (TPSA) is 58.4 Å². The second-order valence-electron chi connectivity index (χ2n) is 6.83. The van der Waals surface area contributed by atoms with E-state index in [0.29, 0.717) is 12.5 Å². The lowest BCUT2D eigenvalue weighted by molar-refractivity contribution is 0.0711. The van der Waals surface area contributed by atoms with Crippen molar-refractivity contribution < 1.29 is 9.90 Å². The Kier molecular flexibility index (Phi) is 4.71. The molecule has 5 heteroatoms. The lowest BCUT2D eigenvalue weighted by Gasteiger charge is -2.32. The maximum Gasteiger partial charge on any atom is 0.253 e. The number of benzene rings is 2. The highest BCUT2D eigenvalue weighted by Gasteiger charge is 2.26. The summed E-state index contributed by atoms with van der Waals surface area (Å²) in [6.45, 7) is 2.12. The van der Waals surface area contributed by atoms with Gasteiger partial charge in [0.2, 0.25) is 0 Å². The molecule has 1 aliphatic heterocycles. The van der Waals surface area contributed by atoms with Gasteiger partial charge in [0, 0.05) is 36.5 Å². The van der Waals surface area contributed by atoms with Crippen LogP contribution in [0.2, 0.25) is 0 Å². The van der Waals surface area contributed by atoms with E-state index in [1.54, 1.807) is 6.20 Å². The van der Waals surface area contributed by atoms with Crippen molar-refractivity contribution in [2.45, 2.75) is 25.3 Å². The van der Waals surface area contributed by atoms with Crippen molar-refractivity contribution in [3.05, 3.63) is 66.0 Å². The lowest BCUT2D eigenvalue weighted by Crippen LogP contribution is -2.38. The fraction of sp³-hybridized carbons (Fsp3) is 0.333. The molecular formula is C21H23N3O2. The molecule has 134 valence electrons.